The molecular weight excluding hydrogens is 282 g/mol. The van der Waals surface area contributed by atoms with Crippen LogP contribution in [0.1, 0.15) is 21.6 Å². The molecule has 1 heterocycles. The number of pyridine rings is 1. The summed E-state index contributed by atoms with van der Waals surface area (Å²) in [5.74, 6) is -0.289. The van der Waals surface area contributed by atoms with Crippen molar-refractivity contribution < 1.29 is 9.90 Å². The predicted octanol–water partition coefficient (Wildman–Crippen LogP) is 0.944. The van der Waals surface area contributed by atoms with Gasteiger partial charge in [-0.3, -0.25) is 9.59 Å². The number of nitrogens with zero attached hydrogens (tertiary/aromatic N) is 1. The topological polar surface area (TPSA) is 106 Å². The van der Waals surface area contributed by atoms with Crippen molar-refractivity contribution in [1.82, 2.24) is 10.3 Å². The van der Waals surface area contributed by atoms with Crippen LogP contribution >= 0.6 is 0 Å². The number of carbonyl (C=O) groups is 1. The van der Waals surface area contributed by atoms with Crippen molar-refractivity contribution in [3.63, 3.8) is 0 Å². The summed E-state index contributed by atoms with van der Waals surface area (Å²) in [5, 5.41) is 20.4. The highest BCUT2D eigenvalue weighted by Crippen LogP contribution is 2.22. The molecule has 0 aliphatic heterocycles. The molecule has 0 aliphatic carbocycles. The van der Waals surface area contributed by atoms with Crippen LogP contribution in [0.15, 0.2) is 35.1 Å². The first-order valence-electron chi connectivity index (χ1n) is 6.70. The number of nitrogens with one attached hydrogen (secondary N) is 2. The van der Waals surface area contributed by atoms with Crippen molar-refractivity contribution in [1.29, 1.82) is 5.26 Å². The van der Waals surface area contributed by atoms with E-state index in [-0.39, 0.29) is 24.6 Å². The van der Waals surface area contributed by atoms with Crippen molar-refractivity contribution in [3.8, 4) is 17.2 Å². The fourth-order valence-electron chi connectivity index (χ4n) is 2.10. The molecule has 3 N–H and O–H groups in total. The van der Waals surface area contributed by atoms with Gasteiger partial charge >= 0.3 is 0 Å². The van der Waals surface area contributed by atoms with E-state index in [4.69, 9.17) is 10.4 Å². The predicted molar refractivity (Wildman–Crippen MR) is 81.4 cm³/mol. The van der Waals surface area contributed by atoms with Crippen LogP contribution in [-0.4, -0.2) is 29.1 Å². The number of carbonyl (C=O) groups excluding carboxylic acids is 1. The third kappa shape index (κ3) is 3.22. The molecule has 112 valence electrons. The first-order chi connectivity index (χ1) is 10.6. The molecule has 1 aromatic carbocycles. The van der Waals surface area contributed by atoms with Gasteiger partial charge in [0.05, 0.1) is 6.61 Å². The van der Waals surface area contributed by atoms with Crippen LogP contribution in [0.4, 0.5) is 0 Å². The third-order valence-electron chi connectivity index (χ3n) is 3.14. The Morgan fingerprint density at radius 3 is 2.64 bits per heavy atom. The van der Waals surface area contributed by atoms with Crippen molar-refractivity contribution in [3.05, 3.63) is 57.5 Å². The van der Waals surface area contributed by atoms with E-state index in [9.17, 15) is 9.59 Å². The molecule has 0 bridgehead atoms. The molecule has 1 amide bonds. The van der Waals surface area contributed by atoms with Gasteiger partial charge in [-0.05, 0) is 30.7 Å². The molecule has 1 aromatic heterocycles. The molecule has 0 spiro atoms. The summed E-state index contributed by atoms with van der Waals surface area (Å²) >= 11 is 0. The van der Waals surface area contributed by atoms with E-state index in [0.717, 1.165) is 0 Å². The fraction of sp³-hybridized carbons (Fsp3) is 0.188. The van der Waals surface area contributed by atoms with Gasteiger partial charge in [0.15, 0.2) is 0 Å². The SMILES string of the molecule is Cc1cc(-c2ccc(C(=O)NCCO)cc2)c(C#N)c(=O)[nH]1. The summed E-state index contributed by atoms with van der Waals surface area (Å²) in [7, 11) is 0. The quantitative estimate of drug-likeness (QED) is 0.781. The van der Waals surface area contributed by atoms with Crippen LogP contribution in [-0.2, 0) is 0 Å². The lowest BCUT2D eigenvalue weighted by atomic mass is 10.00. The highest BCUT2D eigenvalue weighted by Gasteiger charge is 2.11. The molecule has 22 heavy (non-hydrogen) atoms. The van der Waals surface area contributed by atoms with Gasteiger partial charge in [-0.2, -0.15) is 5.26 Å². The Balaban J connectivity index is 2.38. The third-order valence-corrected chi connectivity index (χ3v) is 3.14. The molecule has 0 atom stereocenters. The maximum atomic E-state index is 11.8. The van der Waals surface area contributed by atoms with Crippen LogP contribution in [0.5, 0.6) is 0 Å². The number of hydrogen-bond acceptors (Lipinski definition) is 4. The molecule has 0 radical (unpaired) electrons. The molecule has 0 unspecified atom stereocenters. The number of aliphatic hydroxyl groups is 1. The summed E-state index contributed by atoms with van der Waals surface area (Å²) in [6.07, 6.45) is 0. The number of rotatable bonds is 4. The van der Waals surface area contributed by atoms with E-state index < -0.39 is 5.56 Å². The van der Waals surface area contributed by atoms with Crippen LogP contribution in [0, 0.1) is 18.3 Å². The zero-order chi connectivity index (χ0) is 16.1. The monoisotopic (exact) mass is 297 g/mol. The van der Waals surface area contributed by atoms with Crippen LogP contribution < -0.4 is 10.9 Å². The molecule has 2 aromatic rings. The average molecular weight is 297 g/mol. The number of aromatic amines is 1. The van der Waals surface area contributed by atoms with Crippen LogP contribution in [0.3, 0.4) is 0 Å². The number of aryl methyl sites for hydroxylation is 1. The Morgan fingerprint density at radius 2 is 2.05 bits per heavy atom. The summed E-state index contributed by atoms with van der Waals surface area (Å²) < 4.78 is 0. The maximum Gasteiger partial charge on any atom is 0.266 e. The highest BCUT2D eigenvalue weighted by atomic mass is 16.3. The number of aromatic nitrogens is 1. The Morgan fingerprint density at radius 1 is 1.36 bits per heavy atom. The number of aliphatic hydroxyl groups excluding tert-OH is 1. The Hall–Kier alpha value is -2.91. The van der Waals surface area contributed by atoms with Crippen molar-refractivity contribution in [2.24, 2.45) is 0 Å². The lowest BCUT2D eigenvalue weighted by Gasteiger charge is -2.07. The molecular formula is C16H15N3O3. The number of nitriles is 1. The standard InChI is InChI=1S/C16H15N3O3/c1-10-8-13(14(9-17)16(22)19-10)11-2-4-12(5-3-11)15(21)18-6-7-20/h2-5,8,20H,6-7H2,1H3,(H,18,21)(H,19,22). The zero-order valence-electron chi connectivity index (χ0n) is 12.0. The molecule has 2 rings (SSSR count). The average Bonchev–Trinajstić information content (AvgIpc) is 2.52. The van der Waals surface area contributed by atoms with E-state index in [2.05, 4.69) is 10.3 Å². The van der Waals surface area contributed by atoms with Gasteiger partial charge in [-0.1, -0.05) is 12.1 Å². The first kappa shape index (κ1) is 15.5. The summed E-state index contributed by atoms with van der Waals surface area (Å²) in [5.41, 5.74) is 1.93. The largest absolute Gasteiger partial charge is 0.395 e. The molecule has 0 saturated carbocycles. The van der Waals surface area contributed by atoms with Gasteiger partial charge in [0, 0.05) is 23.4 Å². The second-order valence-corrected chi connectivity index (χ2v) is 4.74. The van der Waals surface area contributed by atoms with E-state index in [1.165, 1.54) is 0 Å². The fourth-order valence-corrected chi connectivity index (χ4v) is 2.10. The smallest absolute Gasteiger partial charge is 0.266 e. The van der Waals surface area contributed by atoms with Gasteiger partial charge in [-0.15, -0.1) is 0 Å². The molecule has 0 saturated heterocycles. The lowest BCUT2D eigenvalue weighted by Crippen LogP contribution is -2.26. The van der Waals surface area contributed by atoms with Crippen LogP contribution in [0.2, 0.25) is 0 Å². The van der Waals surface area contributed by atoms with Gasteiger partial charge < -0.3 is 15.4 Å². The van der Waals surface area contributed by atoms with Crippen LogP contribution in [0.25, 0.3) is 11.1 Å². The number of benzene rings is 1. The van der Waals surface area contributed by atoms with E-state index in [1.54, 1.807) is 37.3 Å². The minimum atomic E-state index is -0.428. The molecule has 0 aliphatic rings. The number of H-pyrrole nitrogens is 1. The second kappa shape index (κ2) is 6.70. The van der Waals surface area contributed by atoms with Gasteiger partial charge in [0.2, 0.25) is 0 Å². The number of hydrogen-bond donors (Lipinski definition) is 3. The van der Waals surface area contributed by atoms with Crippen molar-refractivity contribution in [2.75, 3.05) is 13.2 Å². The van der Waals surface area contributed by atoms with E-state index in [0.29, 0.717) is 22.4 Å². The number of amides is 1. The van der Waals surface area contributed by atoms with E-state index in [1.807, 2.05) is 6.07 Å². The Labute approximate surface area is 127 Å². The van der Waals surface area contributed by atoms with E-state index >= 15 is 0 Å². The Bertz CT molecular complexity index is 786. The minimum absolute atomic E-state index is 0.0445. The summed E-state index contributed by atoms with van der Waals surface area (Å²) in [4.78, 5) is 26.1. The Kier molecular flexibility index (Phi) is 4.71. The molecule has 6 heteroatoms. The van der Waals surface area contributed by atoms with Crippen molar-refractivity contribution >= 4 is 5.91 Å². The minimum Gasteiger partial charge on any atom is -0.395 e. The summed E-state index contributed by atoms with van der Waals surface area (Å²) in [6.45, 7) is 1.80. The highest BCUT2D eigenvalue weighted by molar-refractivity contribution is 5.94. The van der Waals surface area contributed by atoms with Gasteiger partial charge in [0.25, 0.3) is 11.5 Å². The lowest BCUT2D eigenvalue weighted by molar-refractivity contribution is 0.0945. The normalized spacial score (nSPS) is 10.0. The molecule has 6 nitrogen and oxygen atoms in total. The molecule has 0 fully saturated rings. The maximum absolute atomic E-state index is 11.8. The van der Waals surface area contributed by atoms with Gasteiger partial charge in [0.1, 0.15) is 11.6 Å². The van der Waals surface area contributed by atoms with Crippen molar-refractivity contribution in [2.45, 2.75) is 6.92 Å². The van der Waals surface area contributed by atoms with Gasteiger partial charge in [-0.25, -0.2) is 0 Å². The second-order valence-electron chi connectivity index (χ2n) is 4.74. The zero-order valence-corrected chi connectivity index (χ0v) is 12.0. The summed E-state index contributed by atoms with van der Waals surface area (Å²) in [6, 6.07) is 10.2. The first-order valence-corrected chi connectivity index (χ1v) is 6.70.